The van der Waals surface area contributed by atoms with Crippen LogP contribution in [0.2, 0.25) is 0 Å². The van der Waals surface area contributed by atoms with Gasteiger partial charge in [-0.2, -0.15) is 0 Å². The fourth-order valence-electron chi connectivity index (χ4n) is 2.49. The highest BCUT2D eigenvalue weighted by Crippen LogP contribution is 2.24. The SMILES string of the molecule is O=C(CSc1nc2ccccc2o1)c1ccc2ccccc2c1. The number of aromatic nitrogens is 1. The third-order valence-electron chi connectivity index (χ3n) is 3.67. The number of hydrogen-bond acceptors (Lipinski definition) is 4. The summed E-state index contributed by atoms with van der Waals surface area (Å²) in [4.78, 5) is 16.8. The second-order valence-corrected chi connectivity index (χ2v) is 6.15. The lowest BCUT2D eigenvalue weighted by Gasteiger charge is -2.02. The summed E-state index contributed by atoms with van der Waals surface area (Å²) in [6, 6.07) is 21.4. The van der Waals surface area contributed by atoms with Gasteiger partial charge in [-0.05, 0) is 29.0 Å². The van der Waals surface area contributed by atoms with Gasteiger partial charge in [-0.1, -0.05) is 60.3 Å². The van der Waals surface area contributed by atoms with Gasteiger partial charge in [-0.15, -0.1) is 0 Å². The average molecular weight is 319 g/mol. The van der Waals surface area contributed by atoms with Gasteiger partial charge >= 0.3 is 0 Å². The van der Waals surface area contributed by atoms with Crippen LogP contribution in [0.4, 0.5) is 0 Å². The summed E-state index contributed by atoms with van der Waals surface area (Å²) in [6.07, 6.45) is 0. The van der Waals surface area contributed by atoms with Crippen LogP contribution < -0.4 is 0 Å². The van der Waals surface area contributed by atoms with Crippen LogP contribution >= 0.6 is 11.8 Å². The van der Waals surface area contributed by atoms with E-state index in [1.807, 2.05) is 66.7 Å². The summed E-state index contributed by atoms with van der Waals surface area (Å²) in [7, 11) is 0. The van der Waals surface area contributed by atoms with Gasteiger partial charge in [0.2, 0.25) is 0 Å². The number of carbonyl (C=O) groups is 1. The van der Waals surface area contributed by atoms with E-state index in [0.717, 1.165) is 21.9 Å². The van der Waals surface area contributed by atoms with Crippen molar-refractivity contribution in [3.63, 3.8) is 0 Å². The lowest BCUT2D eigenvalue weighted by molar-refractivity contribution is 0.102. The molecule has 23 heavy (non-hydrogen) atoms. The van der Waals surface area contributed by atoms with Gasteiger partial charge in [0.15, 0.2) is 11.4 Å². The molecule has 0 saturated heterocycles. The molecule has 0 saturated carbocycles. The van der Waals surface area contributed by atoms with Crippen molar-refractivity contribution >= 4 is 39.4 Å². The first-order valence-electron chi connectivity index (χ1n) is 7.30. The molecular weight excluding hydrogens is 306 g/mol. The van der Waals surface area contributed by atoms with Crippen molar-refractivity contribution in [3.8, 4) is 0 Å². The molecule has 0 N–H and O–H groups in total. The zero-order chi connectivity index (χ0) is 15.6. The number of hydrogen-bond donors (Lipinski definition) is 0. The first-order valence-corrected chi connectivity index (χ1v) is 8.28. The molecule has 0 unspecified atom stereocenters. The molecule has 4 rings (SSSR count). The Morgan fingerprint density at radius 3 is 2.61 bits per heavy atom. The van der Waals surface area contributed by atoms with E-state index in [1.165, 1.54) is 11.8 Å². The number of oxazole rings is 1. The van der Waals surface area contributed by atoms with Crippen LogP contribution in [0.1, 0.15) is 10.4 Å². The molecule has 0 aliphatic carbocycles. The average Bonchev–Trinajstić information content (AvgIpc) is 3.02. The molecule has 0 spiro atoms. The van der Waals surface area contributed by atoms with E-state index in [1.54, 1.807) is 0 Å². The smallest absolute Gasteiger partial charge is 0.257 e. The van der Waals surface area contributed by atoms with Gasteiger partial charge in [-0.25, -0.2) is 4.98 Å². The minimum Gasteiger partial charge on any atom is -0.431 e. The summed E-state index contributed by atoms with van der Waals surface area (Å²) < 4.78 is 5.62. The number of benzene rings is 3. The van der Waals surface area contributed by atoms with Gasteiger partial charge in [0.1, 0.15) is 5.52 Å². The zero-order valence-electron chi connectivity index (χ0n) is 12.2. The predicted molar refractivity (Wildman–Crippen MR) is 93.0 cm³/mol. The van der Waals surface area contributed by atoms with Crippen LogP contribution in [0.25, 0.3) is 21.9 Å². The van der Waals surface area contributed by atoms with Crippen molar-refractivity contribution in [1.29, 1.82) is 0 Å². The van der Waals surface area contributed by atoms with E-state index in [2.05, 4.69) is 4.98 Å². The van der Waals surface area contributed by atoms with Gasteiger partial charge in [0.05, 0.1) is 5.75 Å². The molecule has 0 bridgehead atoms. The Labute approximate surface area is 137 Å². The molecule has 3 aromatic carbocycles. The third kappa shape index (κ3) is 2.85. The number of Topliss-reactive ketones (excluding diaryl/α,β-unsaturated/α-hetero) is 1. The van der Waals surface area contributed by atoms with Crippen molar-refractivity contribution in [3.05, 3.63) is 72.3 Å². The molecule has 0 fully saturated rings. The van der Waals surface area contributed by atoms with Crippen LogP contribution in [0.15, 0.2) is 76.4 Å². The lowest BCUT2D eigenvalue weighted by atomic mass is 10.1. The molecule has 0 amide bonds. The van der Waals surface area contributed by atoms with Crippen LogP contribution in [0.3, 0.4) is 0 Å². The minimum atomic E-state index is 0.0722. The Hall–Kier alpha value is -2.59. The molecule has 4 aromatic rings. The molecule has 0 aliphatic rings. The topological polar surface area (TPSA) is 43.1 Å². The normalized spacial score (nSPS) is 11.1. The molecule has 4 heteroatoms. The number of ketones is 1. The number of fused-ring (bicyclic) bond motifs is 2. The Kier molecular flexibility index (Phi) is 3.60. The monoisotopic (exact) mass is 319 g/mol. The Morgan fingerprint density at radius 2 is 1.74 bits per heavy atom. The maximum Gasteiger partial charge on any atom is 0.257 e. The molecule has 3 nitrogen and oxygen atoms in total. The number of nitrogens with zero attached hydrogens (tertiary/aromatic N) is 1. The second kappa shape index (κ2) is 5.89. The van der Waals surface area contributed by atoms with E-state index in [4.69, 9.17) is 4.42 Å². The summed E-state index contributed by atoms with van der Waals surface area (Å²) in [5.74, 6) is 0.383. The molecule has 0 atom stereocenters. The summed E-state index contributed by atoms with van der Waals surface area (Å²) in [5.41, 5.74) is 2.27. The maximum atomic E-state index is 12.4. The largest absolute Gasteiger partial charge is 0.431 e. The standard InChI is InChI=1S/C19H13NO2S/c21-17(15-10-9-13-5-1-2-6-14(13)11-15)12-23-19-20-16-7-3-4-8-18(16)22-19/h1-11H,12H2. The highest BCUT2D eigenvalue weighted by Gasteiger charge is 2.11. The van der Waals surface area contributed by atoms with E-state index < -0.39 is 0 Å². The van der Waals surface area contributed by atoms with E-state index in [0.29, 0.717) is 16.5 Å². The van der Waals surface area contributed by atoms with Crippen molar-refractivity contribution in [2.75, 3.05) is 5.75 Å². The first-order chi connectivity index (χ1) is 11.3. The van der Waals surface area contributed by atoms with Gasteiger partial charge in [0.25, 0.3) is 5.22 Å². The molecule has 112 valence electrons. The van der Waals surface area contributed by atoms with Gasteiger partial charge in [0, 0.05) is 5.56 Å². The van der Waals surface area contributed by atoms with E-state index in [-0.39, 0.29) is 5.78 Å². The predicted octanol–water partition coefficient (Wildman–Crippen LogP) is 4.96. The van der Waals surface area contributed by atoms with Crippen molar-refractivity contribution < 1.29 is 9.21 Å². The fourth-order valence-corrected chi connectivity index (χ4v) is 3.22. The number of rotatable bonds is 4. The summed E-state index contributed by atoms with van der Waals surface area (Å²) >= 11 is 1.33. The molecular formula is C19H13NO2S. The van der Waals surface area contributed by atoms with Crippen LogP contribution in [-0.2, 0) is 0 Å². The van der Waals surface area contributed by atoms with E-state index in [9.17, 15) is 4.79 Å². The highest BCUT2D eigenvalue weighted by atomic mass is 32.2. The number of thioether (sulfide) groups is 1. The van der Waals surface area contributed by atoms with E-state index >= 15 is 0 Å². The van der Waals surface area contributed by atoms with Crippen molar-refractivity contribution in [2.45, 2.75) is 5.22 Å². The number of para-hydroxylation sites is 2. The van der Waals surface area contributed by atoms with Gasteiger partial charge in [-0.3, -0.25) is 4.79 Å². The lowest BCUT2D eigenvalue weighted by Crippen LogP contribution is -2.02. The molecule has 0 radical (unpaired) electrons. The number of carbonyl (C=O) groups excluding carboxylic acids is 1. The van der Waals surface area contributed by atoms with Crippen molar-refractivity contribution in [2.24, 2.45) is 0 Å². The fraction of sp³-hybridized carbons (Fsp3) is 0.0526. The molecule has 1 aromatic heterocycles. The Morgan fingerprint density at radius 1 is 0.957 bits per heavy atom. The summed E-state index contributed by atoms with van der Waals surface area (Å²) in [6.45, 7) is 0. The zero-order valence-corrected chi connectivity index (χ0v) is 13.0. The van der Waals surface area contributed by atoms with Crippen LogP contribution in [0.5, 0.6) is 0 Å². The van der Waals surface area contributed by atoms with Gasteiger partial charge < -0.3 is 4.42 Å². The first kappa shape index (κ1) is 14.0. The summed E-state index contributed by atoms with van der Waals surface area (Å²) in [5, 5.41) is 2.74. The van der Waals surface area contributed by atoms with Crippen LogP contribution in [0, 0.1) is 0 Å². The molecule has 1 heterocycles. The highest BCUT2D eigenvalue weighted by molar-refractivity contribution is 7.99. The quantitative estimate of drug-likeness (QED) is 0.394. The maximum absolute atomic E-state index is 12.4. The van der Waals surface area contributed by atoms with Crippen molar-refractivity contribution in [1.82, 2.24) is 4.98 Å². The minimum absolute atomic E-state index is 0.0722. The van der Waals surface area contributed by atoms with Crippen LogP contribution in [-0.4, -0.2) is 16.5 Å². The molecule has 0 aliphatic heterocycles. The Bertz CT molecular complexity index is 973. The second-order valence-electron chi connectivity index (χ2n) is 5.22. The third-order valence-corrected chi connectivity index (χ3v) is 4.50. The Balaban J connectivity index is 1.52.